The summed E-state index contributed by atoms with van der Waals surface area (Å²) >= 11 is 1.59. The summed E-state index contributed by atoms with van der Waals surface area (Å²) in [5.74, 6) is 0.542. The summed E-state index contributed by atoms with van der Waals surface area (Å²) in [7, 11) is 1.63. The van der Waals surface area contributed by atoms with Gasteiger partial charge in [0.1, 0.15) is 17.1 Å². The molecule has 0 aliphatic carbocycles. The highest BCUT2D eigenvalue weighted by Crippen LogP contribution is 2.27. The molecule has 0 unspecified atom stereocenters. The lowest BCUT2D eigenvalue weighted by molar-refractivity contribution is 0.101. The number of aromatic nitrogens is 2. The Labute approximate surface area is 173 Å². The van der Waals surface area contributed by atoms with Crippen molar-refractivity contribution in [3.05, 3.63) is 82.9 Å². The summed E-state index contributed by atoms with van der Waals surface area (Å²) in [4.78, 5) is 14.1. The van der Waals surface area contributed by atoms with Crippen molar-refractivity contribution < 1.29 is 9.53 Å². The molecular weight excluding hydrogens is 382 g/mol. The van der Waals surface area contributed by atoms with Gasteiger partial charge in [-0.25, -0.2) is 4.68 Å². The second-order valence-electron chi connectivity index (χ2n) is 6.76. The fraction of sp³-hybridized carbons (Fsp3) is 0.130. The van der Waals surface area contributed by atoms with Gasteiger partial charge in [-0.3, -0.25) is 4.79 Å². The van der Waals surface area contributed by atoms with Crippen LogP contribution in [0.3, 0.4) is 0 Å². The fourth-order valence-electron chi connectivity index (χ4n) is 3.02. The molecule has 5 nitrogen and oxygen atoms in total. The molecule has 2 aromatic carbocycles. The number of hydrogen-bond acceptors (Lipinski definition) is 4. The van der Waals surface area contributed by atoms with Gasteiger partial charge in [-0.05, 0) is 78.9 Å². The van der Waals surface area contributed by atoms with Crippen LogP contribution in [-0.2, 0) is 0 Å². The first kappa shape index (κ1) is 19.0. The number of benzene rings is 2. The molecule has 0 saturated carbocycles. The van der Waals surface area contributed by atoms with Crippen LogP contribution in [0.25, 0.3) is 16.3 Å². The molecule has 2 aromatic heterocycles. The maximum atomic E-state index is 13.1. The van der Waals surface area contributed by atoms with Crippen LogP contribution < -0.4 is 10.1 Å². The first-order valence-electron chi connectivity index (χ1n) is 9.22. The zero-order valence-electron chi connectivity index (χ0n) is 16.5. The Kier molecular flexibility index (Phi) is 5.18. The van der Waals surface area contributed by atoms with Crippen molar-refractivity contribution in [3.8, 4) is 22.0 Å². The van der Waals surface area contributed by atoms with E-state index >= 15 is 0 Å². The van der Waals surface area contributed by atoms with Crippen LogP contribution >= 0.6 is 11.3 Å². The van der Waals surface area contributed by atoms with Crippen LogP contribution in [0.1, 0.15) is 21.6 Å². The number of carbonyl (C=O) groups excluding carboxylic acids is 1. The number of amides is 1. The second kappa shape index (κ2) is 7.93. The van der Waals surface area contributed by atoms with Gasteiger partial charge < -0.3 is 10.1 Å². The average molecular weight is 404 g/mol. The molecule has 0 spiro atoms. The summed E-state index contributed by atoms with van der Waals surface area (Å²) in [6.45, 7) is 4.08. The van der Waals surface area contributed by atoms with Crippen molar-refractivity contribution in [1.29, 1.82) is 0 Å². The molecule has 2 heterocycles. The Morgan fingerprint density at radius 1 is 1.03 bits per heavy atom. The van der Waals surface area contributed by atoms with Crippen molar-refractivity contribution in [2.45, 2.75) is 13.8 Å². The Morgan fingerprint density at radius 3 is 2.48 bits per heavy atom. The van der Waals surface area contributed by atoms with E-state index in [0.717, 1.165) is 33.3 Å². The minimum atomic E-state index is -0.209. The van der Waals surface area contributed by atoms with Crippen LogP contribution in [0.5, 0.6) is 5.75 Å². The minimum absolute atomic E-state index is 0.209. The van der Waals surface area contributed by atoms with E-state index in [9.17, 15) is 4.79 Å². The van der Waals surface area contributed by atoms with Gasteiger partial charge in [-0.2, -0.15) is 5.10 Å². The molecule has 0 aliphatic heterocycles. The van der Waals surface area contributed by atoms with Gasteiger partial charge in [0.25, 0.3) is 5.91 Å². The number of carbonyl (C=O) groups is 1. The number of ether oxygens (including phenoxy) is 1. The topological polar surface area (TPSA) is 56.2 Å². The third-order valence-corrected chi connectivity index (χ3v) is 5.69. The van der Waals surface area contributed by atoms with E-state index in [-0.39, 0.29) is 5.91 Å². The standard InChI is InChI=1S/C23H21N3O2S/c1-15-6-7-17(13-16(15)2)24-23(27)21-14-20(22-5-4-12-29-22)25-26(21)18-8-10-19(28-3)11-9-18/h4-14H,1-3H3,(H,24,27). The number of nitrogens with zero attached hydrogens (tertiary/aromatic N) is 2. The Bertz CT molecular complexity index is 1150. The smallest absolute Gasteiger partial charge is 0.274 e. The summed E-state index contributed by atoms with van der Waals surface area (Å²) in [6, 6.07) is 19.2. The largest absolute Gasteiger partial charge is 0.497 e. The summed E-state index contributed by atoms with van der Waals surface area (Å²) in [5.41, 5.74) is 5.10. The quantitative estimate of drug-likeness (QED) is 0.480. The predicted molar refractivity (Wildman–Crippen MR) is 117 cm³/mol. The van der Waals surface area contributed by atoms with E-state index in [1.54, 1.807) is 23.1 Å². The number of hydrogen-bond donors (Lipinski definition) is 1. The van der Waals surface area contributed by atoms with Crippen LogP contribution in [0.15, 0.2) is 66.0 Å². The average Bonchev–Trinajstić information content (AvgIpc) is 3.40. The molecule has 1 amide bonds. The zero-order chi connectivity index (χ0) is 20.4. The molecule has 4 aromatic rings. The van der Waals surface area contributed by atoms with Gasteiger partial charge in [0.15, 0.2) is 0 Å². The molecule has 146 valence electrons. The van der Waals surface area contributed by atoms with Crippen molar-refractivity contribution >= 4 is 22.9 Å². The van der Waals surface area contributed by atoms with Crippen molar-refractivity contribution in [3.63, 3.8) is 0 Å². The fourth-order valence-corrected chi connectivity index (χ4v) is 3.70. The highest BCUT2D eigenvalue weighted by molar-refractivity contribution is 7.13. The van der Waals surface area contributed by atoms with Crippen LogP contribution in [0, 0.1) is 13.8 Å². The van der Waals surface area contributed by atoms with Gasteiger partial charge in [0.05, 0.1) is 17.7 Å². The predicted octanol–water partition coefficient (Wildman–Crippen LogP) is 5.48. The normalized spacial score (nSPS) is 10.7. The first-order chi connectivity index (χ1) is 14.0. The number of nitrogens with one attached hydrogen (secondary N) is 1. The van der Waals surface area contributed by atoms with Gasteiger partial charge in [0.2, 0.25) is 0 Å². The molecule has 29 heavy (non-hydrogen) atoms. The number of rotatable bonds is 5. The number of thiophene rings is 1. The first-order valence-corrected chi connectivity index (χ1v) is 10.1. The number of aryl methyl sites for hydroxylation is 2. The molecule has 0 fully saturated rings. The Hall–Kier alpha value is -3.38. The molecule has 1 N–H and O–H groups in total. The lowest BCUT2D eigenvalue weighted by Gasteiger charge is -2.10. The number of anilines is 1. The van der Waals surface area contributed by atoms with E-state index in [1.165, 1.54) is 5.56 Å². The summed E-state index contributed by atoms with van der Waals surface area (Å²) in [5, 5.41) is 9.69. The zero-order valence-corrected chi connectivity index (χ0v) is 17.3. The lowest BCUT2D eigenvalue weighted by atomic mass is 10.1. The molecular formula is C23H21N3O2S. The van der Waals surface area contributed by atoms with E-state index in [1.807, 2.05) is 79.9 Å². The van der Waals surface area contributed by atoms with Crippen molar-refractivity contribution in [1.82, 2.24) is 9.78 Å². The molecule has 0 atom stereocenters. The van der Waals surface area contributed by atoms with E-state index < -0.39 is 0 Å². The van der Waals surface area contributed by atoms with Crippen molar-refractivity contribution in [2.75, 3.05) is 12.4 Å². The molecule has 6 heteroatoms. The number of methoxy groups -OCH3 is 1. The maximum absolute atomic E-state index is 13.1. The van der Waals surface area contributed by atoms with Gasteiger partial charge >= 0.3 is 0 Å². The molecule has 0 saturated heterocycles. The minimum Gasteiger partial charge on any atom is -0.497 e. The summed E-state index contributed by atoms with van der Waals surface area (Å²) < 4.78 is 6.91. The van der Waals surface area contributed by atoms with Crippen LogP contribution in [0.4, 0.5) is 5.69 Å². The molecule has 4 rings (SSSR count). The van der Waals surface area contributed by atoms with E-state index in [0.29, 0.717) is 5.69 Å². The third-order valence-electron chi connectivity index (χ3n) is 4.80. The van der Waals surface area contributed by atoms with Gasteiger partial charge in [0, 0.05) is 5.69 Å². The molecule has 0 aliphatic rings. The molecule has 0 bridgehead atoms. The highest BCUT2D eigenvalue weighted by atomic mass is 32.1. The third kappa shape index (κ3) is 3.93. The van der Waals surface area contributed by atoms with Crippen LogP contribution in [-0.4, -0.2) is 22.8 Å². The highest BCUT2D eigenvalue weighted by Gasteiger charge is 2.18. The van der Waals surface area contributed by atoms with Crippen molar-refractivity contribution in [2.24, 2.45) is 0 Å². The van der Waals surface area contributed by atoms with E-state index in [4.69, 9.17) is 9.84 Å². The second-order valence-corrected chi connectivity index (χ2v) is 7.70. The van der Waals surface area contributed by atoms with Gasteiger partial charge in [-0.15, -0.1) is 11.3 Å². The maximum Gasteiger partial charge on any atom is 0.274 e. The molecule has 0 radical (unpaired) electrons. The monoisotopic (exact) mass is 403 g/mol. The SMILES string of the molecule is COc1ccc(-n2nc(-c3cccs3)cc2C(=O)Nc2ccc(C)c(C)c2)cc1. The Morgan fingerprint density at radius 2 is 1.83 bits per heavy atom. The Balaban J connectivity index is 1.73. The lowest BCUT2D eigenvalue weighted by Crippen LogP contribution is -2.17. The van der Waals surface area contributed by atoms with Gasteiger partial charge in [-0.1, -0.05) is 12.1 Å². The van der Waals surface area contributed by atoms with E-state index in [2.05, 4.69) is 5.32 Å². The summed E-state index contributed by atoms with van der Waals surface area (Å²) in [6.07, 6.45) is 0. The van der Waals surface area contributed by atoms with Crippen LogP contribution in [0.2, 0.25) is 0 Å².